The van der Waals surface area contributed by atoms with Crippen LogP contribution in [0.25, 0.3) is 0 Å². The molecule has 1 atom stereocenters. The van der Waals surface area contributed by atoms with Crippen molar-refractivity contribution in [1.29, 1.82) is 0 Å². The van der Waals surface area contributed by atoms with Crippen LogP contribution in [0.5, 0.6) is 0 Å². The fourth-order valence-corrected chi connectivity index (χ4v) is 3.40. The molecule has 29 heavy (non-hydrogen) atoms. The minimum Gasteiger partial charge on any atom is -0.325 e. The summed E-state index contributed by atoms with van der Waals surface area (Å²) in [5.41, 5.74) is 0.357. The minimum absolute atomic E-state index is 0.0830. The summed E-state index contributed by atoms with van der Waals surface area (Å²) in [7, 11) is 0. The van der Waals surface area contributed by atoms with E-state index in [1.165, 1.54) is 6.92 Å². The van der Waals surface area contributed by atoms with E-state index >= 15 is 0 Å². The van der Waals surface area contributed by atoms with Gasteiger partial charge in [0.05, 0.1) is 0 Å². The topological polar surface area (TPSA) is 95.6 Å². The van der Waals surface area contributed by atoms with Gasteiger partial charge in [0.25, 0.3) is 5.91 Å². The number of carbonyl (C=O) groups is 4. The monoisotopic (exact) mass is 413 g/mol. The molecule has 4 amide bonds. The van der Waals surface area contributed by atoms with E-state index in [-0.39, 0.29) is 5.78 Å². The highest BCUT2D eigenvalue weighted by molar-refractivity contribution is 6.30. The molecule has 1 aliphatic rings. The lowest BCUT2D eigenvalue weighted by Gasteiger charge is -2.25. The molecule has 2 N–H and O–H groups in total. The standard InChI is InChI=1S/C21H20ClN3O4/c1-3-21(15-6-8-16(22)9-7-15)19(28)25(20(29)24-21)12-18(27)23-17-10-4-14(5-11-17)13(2)26/h4-11H,3,12H2,1-2H3,(H,23,27)(H,24,29)/t21-/m1/s1. The fraction of sp³-hybridized carbons (Fsp3) is 0.238. The highest BCUT2D eigenvalue weighted by Crippen LogP contribution is 2.33. The molecule has 0 bridgehead atoms. The van der Waals surface area contributed by atoms with Crippen LogP contribution in [0, 0.1) is 0 Å². The Balaban J connectivity index is 1.74. The first-order valence-electron chi connectivity index (χ1n) is 9.08. The van der Waals surface area contributed by atoms with Gasteiger partial charge in [0.15, 0.2) is 5.78 Å². The SMILES string of the molecule is CC[C@]1(c2ccc(Cl)cc2)NC(=O)N(CC(=O)Nc2ccc(C(C)=O)cc2)C1=O. The third kappa shape index (κ3) is 4.00. The molecule has 0 unspecified atom stereocenters. The van der Waals surface area contributed by atoms with Gasteiger partial charge in [-0.2, -0.15) is 0 Å². The van der Waals surface area contributed by atoms with Gasteiger partial charge in [0.2, 0.25) is 5.91 Å². The number of halogens is 1. The van der Waals surface area contributed by atoms with Gasteiger partial charge in [-0.15, -0.1) is 0 Å². The van der Waals surface area contributed by atoms with Crippen LogP contribution in [0.4, 0.5) is 10.5 Å². The average molecular weight is 414 g/mol. The first kappa shape index (κ1) is 20.5. The fourth-order valence-electron chi connectivity index (χ4n) is 3.28. The Morgan fingerprint density at radius 1 is 1.07 bits per heavy atom. The molecule has 2 aromatic rings. The number of nitrogens with one attached hydrogen (secondary N) is 2. The zero-order valence-corrected chi connectivity index (χ0v) is 16.7. The molecule has 2 aromatic carbocycles. The molecule has 1 heterocycles. The van der Waals surface area contributed by atoms with Gasteiger partial charge >= 0.3 is 6.03 Å². The molecule has 0 spiro atoms. The Kier molecular flexibility index (Phi) is 5.70. The average Bonchev–Trinajstić information content (AvgIpc) is 2.94. The zero-order valence-electron chi connectivity index (χ0n) is 16.0. The summed E-state index contributed by atoms with van der Waals surface area (Å²) in [5, 5.41) is 5.86. The number of hydrogen-bond acceptors (Lipinski definition) is 4. The first-order valence-corrected chi connectivity index (χ1v) is 9.45. The summed E-state index contributed by atoms with van der Waals surface area (Å²) < 4.78 is 0. The van der Waals surface area contributed by atoms with Crippen LogP contribution in [0.3, 0.4) is 0 Å². The van der Waals surface area contributed by atoms with Crippen LogP contribution in [-0.2, 0) is 15.1 Å². The molecular formula is C21H20ClN3O4. The number of carbonyl (C=O) groups excluding carboxylic acids is 4. The number of anilines is 1. The molecule has 1 aliphatic heterocycles. The Morgan fingerprint density at radius 3 is 2.24 bits per heavy atom. The molecule has 3 rings (SSSR count). The number of amides is 4. The zero-order chi connectivity index (χ0) is 21.2. The molecule has 0 aromatic heterocycles. The van der Waals surface area contributed by atoms with Crippen LogP contribution in [0.2, 0.25) is 5.02 Å². The van der Waals surface area contributed by atoms with E-state index in [0.717, 1.165) is 4.90 Å². The number of imide groups is 1. The van der Waals surface area contributed by atoms with Crippen molar-refractivity contribution in [2.45, 2.75) is 25.8 Å². The van der Waals surface area contributed by atoms with Crippen molar-refractivity contribution in [3.63, 3.8) is 0 Å². The second-order valence-electron chi connectivity index (χ2n) is 6.77. The number of ketones is 1. The van der Waals surface area contributed by atoms with Crippen LogP contribution < -0.4 is 10.6 Å². The van der Waals surface area contributed by atoms with E-state index in [2.05, 4.69) is 10.6 Å². The maximum absolute atomic E-state index is 13.1. The lowest BCUT2D eigenvalue weighted by molar-refractivity contribution is -0.134. The van der Waals surface area contributed by atoms with Gasteiger partial charge in [0, 0.05) is 16.3 Å². The second kappa shape index (κ2) is 8.05. The molecule has 1 fully saturated rings. The quantitative estimate of drug-likeness (QED) is 0.560. The maximum atomic E-state index is 13.1. The van der Waals surface area contributed by atoms with Crippen molar-refractivity contribution >= 4 is 40.9 Å². The summed E-state index contributed by atoms with van der Waals surface area (Å²) in [4.78, 5) is 50.1. The molecule has 0 aliphatic carbocycles. The second-order valence-corrected chi connectivity index (χ2v) is 7.21. The predicted molar refractivity (Wildman–Crippen MR) is 109 cm³/mol. The summed E-state index contributed by atoms with van der Waals surface area (Å²) in [6.07, 6.45) is 0.323. The number of Topliss-reactive ketones (excluding diaryl/α,β-unsaturated/α-hetero) is 1. The van der Waals surface area contributed by atoms with Gasteiger partial charge in [-0.3, -0.25) is 19.3 Å². The Labute approximate surface area is 173 Å². The van der Waals surface area contributed by atoms with Crippen molar-refractivity contribution in [2.24, 2.45) is 0 Å². The van der Waals surface area contributed by atoms with Crippen molar-refractivity contribution in [2.75, 3.05) is 11.9 Å². The Morgan fingerprint density at radius 2 is 1.69 bits per heavy atom. The highest BCUT2D eigenvalue weighted by atomic mass is 35.5. The van der Waals surface area contributed by atoms with Gasteiger partial charge in [-0.25, -0.2) is 4.79 Å². The lowest BCUT2D eigenvalue weighted by Crippen LogP contribution is -2.44. The van der Waals surface area contributed by atoms with Crippen LogP contribution in [-0.4, -0.2) is 35.1 Å². The number of benzene rings is 2. The maximum Gasteiger partial charge on any atom is 0.325 e. The molecule has 0 saturated carbocycles. The molecule has 150 valence electrons. The van der Waals surface area contributed by atoms with E-state index in [1.54, 1.807) is 55.5 Å². The largest absolute Gasteiger partial charge is 0.325 e. The molecule has 1 saturated heterocycles. The Bertz CT molecular complexity index is 972. The van der Waals surface area contributed by atoms with Crippen LogP contribution >= 0.6 is 11.6 Å². The van der Waals surface area contributed by atoms with Gasteiger partial charge in [-0.1, -0.05) is 30.7 Å². The van der Waals surface area contributed by atoms with Crippen molar-refractivity contribution in [3.05, 3.63) is 64.7 Å². The van der Waals surface area contributed by atoms with E-state index in [9.17, 15) is 19.2 Å². The summed E-state index contributed by atoms with van der Waals surface area (Å²) in [6, 6.07) is 12.4. The number of rotatable bonds is 6. The summed E-state index contributed by atoms with van der Waals surface area (Å²) >= 11 is 5.92. The van der Waals surface area contributed by atoms with Crippen molar-refractivity contribution in [3.8, 4) is 0 Å². The van der Waals surface area contributed by atoms with Crippen LogP contribution in [0.1, 0.15) is 36.2 Å². The molecule has 7 nitrogen and oxygen atoms in total. The normalized spacial score (nSPS) is 18.5. The number of urea groups is 1. The van der Waals surface area contributed by atoms with Gasteiger partial charge in [0.1, 0.15) is 12.1 Å². The third-order valence-corrected chi connectivity index (χ3v) is 5.17. The van der Waals surface area contributed by atoms with Crippen molar-refractivity contribution < 1.29 is 19.2 Å². The summed E-state index contributed by atoms with van der Waals surface area (Å²) in [6.45, 7) is 2.81. The van der Waals surface area contributed by atoms with Crippen molar-refractivity contribution in [1.82, 2.24) is 10.2 Å². The lowest BCUT2D eigenvalue weighted by atomic mass is 9.87. The van der Waals surface area contributed by atoms with E-state index in [0.29, 0.717) is 28.3 Å². The summed E-state index contributed by atoms with van der Waals surface area (Å²) in [5.74, 6) is -1.10. The highest BCUT2D eigenvalue weighted by Gasteiger charge is 2.51. The predicted octanol–water partition coefficient (Wildman–Crippen LogP) is 3.34. The Hall–Kier alpha value is -3.19. The molecule has 8 heteroatoms. The van der Waals surface area contributed by atoms with E-state index in [1.807, 2.05) is 0 Å². The van der Waals surface area contributed by atoms with Crippen LogP contribution in [0.15, 0.2) is 48.5 Å². The van der Waals surface area contributed by atoms with Gasteiger partial charge < -0.3 is 10.6 Å². The smallest absolute Gasteiger partial charge is 0.325 e. The number of nitrogens with zero attached hydrogens (tertiary/aromatic N) is 1. The first-order chi connectivity index (χ1) is 13.8. The third-order valence-electron chi connectivity index (χ3n) is 4.92. The van der Waals surface area contributed by atoms with E-state index in [4.69, 9.17) is 11.6 Å². The molecular weight excluding hydrogens is 394 g/mol. The number of hydrogen-bond donors (Lipinski definition) is 2. The van der Waals surface area contributed by atoms with E-state index < -0.39 is 29.9 Å². The molecule has 0 radical (unpaired) electrons. The van der Waals surface area contributed by atoms with Gasteiger partial charge in [-0.05, 0) is 55.3 Å². The minimum atomic E-state index is -1.23.